The second-order valence-corrected chi connectivity index (χ2v) is 7.88. The van der Waals surface area contributed by atoms with Crippen LogP contribution in [0.4, 0.5) is 0 Å². The molecular formula is C16H21N3O3S. The van der Waals surface area contributed by atoms with Crippen molar-refractivity contribution in [3.63, 3.8) is 0 Å². The minimum absolute atomic E-state index is 0.0116. The standard InChI is InChI=1S/C16H21N3O3S/c1-11(2)17-16(20)12-7-9-19(10-8-12)15-13-5-3-4-6-14(13)23(21,22)18-15/h3-6,11-12H,7-10H2,1-2H3,(H,17,20). The minimum Gasteiger partial charge on any atom is -0.355 e. The summed E-state index contributed by atoms with van der Waals surface area (Å²) < 4.78 is 28.2. The molecule has 2 aliphatic rings. The summed E-state index contributed by atoms with van der Waals surface area (Å²) in [6.07, 6.45) is 1.42. The monoisotopic (exact) mass is 335 g/mol. The van der Waals surface area contributed by atoms with Gasteiger partial charge in [-0.15, -0.1) is 4.40 Å². The number of nitrogens with zero attached hydrogens (tertiary/aromatic N) is 2. The van der Waals surface area contributed by atoms with Crippen LogP contribution in [0.1, 0.15) is 32.3 Å². The molecule has 2 heterocycles. The van der Waals surface area contributed by atoms with E-state index in [2.05, 4.69) is 9.71 Å². The number of benzene rings is 1. The van der Waals surface area contributed by atoms with Crippen LogP contribution >= 0.6 is 0 Å². The first kappa shape index (κ1) is 16.0. The van der Waals surface area contributed by atoms with Crippen LogP contribution < -0.4 is 5.32 Å². The average Bonchev–Trinajstić information content (AvgIpc) is 2.79. The predicted octanol–water partition coefficient (Wildman–Crippen LogP) is 1.37. The number of carbonyl (C=O) groups is 1. The molecule has 0 radical (unpaired) electrons. The van der Waals surface area contributed by atoms with Gasteiger partial charge in [0.05, 0.1) is 0 Å². The smallest absolute Gasteiger partial charge is 0.285 e. The number of carbonyl (C=O) groups excluding carboxylic acids is 1. The van der Waals surface area contributed by atoms with E-state index in [4.69, 9.17) is 0 Å². The second-order valence-electron chi connectivity index (χ2n) is 6.31. The van der Waals surface area contributed by atoms with Crippen molar-refractivity contribution in [1.29, 1.82) is 0 Å². The van der Waals surface area contributed by atoms with Crippen molar-refractivity contribution in [2.75, 3.05) is 13.1 Å². The third-order valence-electron chi connectivity index (χ3n) is 4.21. The van der Waals surface area contributed by atoms with Crippen molar-refractivity contribution < 1.29 is 13.2 Å². The molecule has 1 amide bonds. The molecule has 124 valence electrons. The van der Waals surface area contributed by atoms with Gasteiger partial charge in [0.15, 0.2) is 5.84 Å². The maximum Gasteiger partial charge on any atom is 0.285 e. The van der Waals surface area contributed by atoms with Gasteiger partial charge in [0.2, 0.25) is 5.91 Å². The van der Waals surface area contributed by atoms with Crippen LogP contribution in [0.2, 0.25) is 0 Å². The van der Waals surface area contributed by atoms with E-state index in [-0.39, 0.29) is 22.8 Å². The molecule has 3 rings (SSSR count). The van der Waals surface area contributed by atoms with Gasteiger partial charge in [-0.1, -0.05) is 12.1 Å². The highest BCUT2D eigenvalue weighted by molar-refractivity contribution is 7.90. The van der Waals surface area contributed by atoms with Gasteiger partial charge in [-0.2, -0.15) is 8.42 Å². The summed E-state index contributed by atoms with van der Waals surface area (Å²) in [5.74, 6) is 0.590. The van der Waals surface area contributed by atoms with Crippen LogP contribution in [0.25, 0.3) is 0 Å². The summed E-state index contributed by atoms with van der Waals surface area (Å²) in [5, 5.41) is 2.94. The van der Waals surface area contributed by atoms with Crippen LogP contribution in [0, 0.1) is 5.92 Å². The Hall–Kier alpha value is -1.89. The number of rotatable bonds is 2. The lowest BCUT2D eigenvalue weighted by Gasteiger charge is -2.33. The van der Waals surface area contributed by atoms with Gasteiger partial charge < -0.3 is 10.2 Å². The molecule has 0 unspecified atom stereocenters. The van der Waals surface area contributed by atoms with E-state index >= 15 is 0 Å². The number of amidine groups is 1. The highest BCUT2D eigenvalue weighted by atomic mass is 32.2. The molecule has 1 aromatic carbocycles. The number of fused-ring (bicyclic) bond motifs is 1. The molecule has 0 bridgehead atoms. The Morgan fingerprint density at radius 2 is 1.91 bits per heavy atom. The van der Waals surface area contributed by atoms with Crippen molar-refractivity contribution in [2.24, 2.45) is 10.3 Å². The Balaban J connectivity index is 1.73. The first-order valence-corrected chi connectivity index (χ1v) is 9.32. The molecule has 2 aliphatic heterocycles. The zero-order valence-electron chi connectivity index (χ0n) is 13.3. The van der Waals surface area contributed by atoms with Crippen LogP contribution in [0.3, 0.4) is 0 Å². The molecule has 6 nitrogen and oxygen atoms in total. The number of piperidine rings is 1. The van der Waals surface area contributed by atoms with Crippen molar-refractivity contribution in [1.82, 2.24) is 10.2 Å². The third kappa shape index (κ3) is 3.10. The van der Waals surface area contributed by atoms with Crippen molar-refractivity contribution >= 4 is 21.8 Å². The first-order chi connectivity index (χ1) is 10.9. The van der Waals surface area contributed by atoms with Gasteiger partial charge in [-0.3, -0.25) is 4.79 Å². The molecule has 0 atom stereocenters. The Morgan fingerprint density at radius 3 is 2.57 bits per heavy atom. The van der Waals surface area contributed by atoms with E-state index < -0.39 is 10.0 Å². The zero-order valence-corrected chi connectivity index (χ0v) is 14.1. The number of hydrogen-bond acceptors (Lipinski definition) is 4. The van der Waals surface area contributed by atoms with Gasteiger partial charge in [-0.05, 0) is 38.8 Å². The number of hydrogen-bond donors (Lipinski definition) is 1. The maximum atomic E-state index is 12.1. The Morgan fingerprint density at radius 1 is 1.26 bits per heavy atom. The molecular weight excluding hydrogens is 314 g/mol. The molecule has 1 fully saturated rings. The van der Waals surface area contributed by atoms with Gasteiger partial charge in [0, 0.05) is 30.6 Å². The summed E-state index contributed by atoms with van der Waals surface area (Å²) in [6, 6.07) is 7.03. The predicted molar refractivity (Wildman–Crippen MR) is 87.7 cm³/mol. The molecule has 23 heavy (non-hydrogen) atoms. The summed E-state index contributed by atoms with van der Waals surface area (Å²) in [6.45, 7) is 5.17. The van der Waals surface area contributed by atoms with E-state index in [0.717, 1.165) is 0 Å². The van der Waals surface area contributed by atoms with E-state index in [1.165, 1.54) is 0 Å². The van der Waals surface area contributed by atoms with Crippen molar-refractivity contribution in [3.05, 3.63) is 29.8 Å². The Labute approximate surface area is 136 Å². The normalized spacial score (nSPS) is 20.3. The number of sulfonamides is 1. The fourth-order valence-corrected chi connectivity index (χ4v) is 4.30. The van der Waals surface area contributed by atoms with Gasteiger partial charge in [0.1, 0.15) is 4.90 Å². The quantitative estimate of drug-likeness (QED) is 0.885. The van der Waals surface area contributed by atoms with Crippen LogP contribution in [-0.2, 0) is 14.8 Å². The van der Waals surface area contributed by atoms with E-state index in [9.17, 15) is 13.2 Å². The van der Waals surface area contributed by atoms with E-state index in [1.54, 1.807) is 18.2 Å². The molecule has 7 heteroatoms. The minimum atomic E-state index is -3.58. The lowest BCUT2D eigenvalue weighted by Crippen LogP contribution is -2.44. The Bertz CT molecular complexity index is 748. The highest BCUT2D eigenvalue weighted by Gasteiger charge is 2.34. The largest absolute Gasteiger partial charge is 0.355 e. The second kappa shape index (κ2) is 5.96. The number of nitrogens with one attached hydrogen (secondary N) is 1. The first-order valence-electron chi connectivity index (χ1n) is 7.88. The maximum absolute atomic E-state index is 12.1. The molecule has 0 spiro atoms. The summed E-state index contributed by atoms with van der Waals surface area (Å²) in [7, 11) is -3.58. The Kier molecular flexibility index (Phi) is 4.14. The van der Waals surface area contributed by atoms with Gasteiger partial charge in [-0.25, -0.2) is 0 Å². The molecule has 1 saturated heterocycles. The topological polar surface area (TPSA) is 78.8 Å². The zero-order chi connectivity index (χ0) is 16.6. The number of amides is 1. The van der Waals surface area contributed by atoms with E-state index in [0.29, 0.717) is 37.3 Å². The summed E-state index contributed by atoms with van der Waals surface area (Å²) in [4.78, 5) is 14.3. The number of likely N-dealkylation sites (tertiary alicyclic amines) is 1. The van der Waals surface area contributed by atoms with Gasteiger partial charge in [0.25, 0.3) is 10.0 Å². The molecule has 0 aromatic heterocycles. The molecule has 1 N–H and O–H groups in total. The van der Waals surface area contributed by atoms with Crippen LogP contribution in [-0.4, -0.2) is 44.2 Å². The van der Waals surface area contributed by atoms with Gasteiger partial charge >= 0.3 is 0 Å². The SMILES string of the molecule is CC(C)NC(=O)C1CCN(C2=NS(=O)(=O)c3ccccc32)CC1. The third-order valence-corrected chi connectivity index (χ3v) is 5.53. The fourth-order valence-electron chi connectivity index (χ4n) is 3.07. The lowest BCUT2D eigenvalue weighted by atomic mass is 9.95. The fraction of sp³-hybridized carbons (Fsp3) is 0.500. The van der Waals surface area contributed by atoms with Crippen molar-refractivity contribution in [2.45, 2.75) is 37.6 Å². The average molecular weight is 335 g/mol. The van der Waals surface area contributed by atoms with Crippen molar-refractivity contribution in [3.8, 4) is 0 Å². The summed E-state index contributed by atoms with van der Waals surface area (Å²) >= 11 is 0. The molecule has 1 aromatic rings. The lowest BCUT2D eigenvalue weighted by molar-refractivity contribution is -0.126. The van der Waals surface area contributed by atoms with E-state index in [1.807, 2.05) is 24.8 Å². The summed E-state index contributed by atoms with van der Waals surface area (Å²) in [5.41, 5.74) is 0.664. The molecule has 0 saturated carbocycles. The highest BCUT2D eigenvalue weighted by Crippen LogP contribution is 2.29. The van der Waals surface area contributed by atoms with Crippen LogP contribution in [0.15, 0.2) is 33.6 Å². The van der Waals surface area contributed by atoms with Crippen LogP contribution in [0.5, 0.6) is 0 Å². The molecule has 0 aliphatic carbocycles.